The molecule has 1 aliphatic heterocycles. The van der Waals surface area contributed by atoms with Crippen LogP contribution < -0.4 is 5.32 Å². The van der Waals surface area contributed by atoms with Gasteiger partial charge in [-0.3, -0.25) is 0 Å². The second-order valence-corrected chi connectivity index (χ2v) is 4.77. The van der Waals surface area contributed by atoms with E-state index in [1.54, 1.807) is 0 Å². The number of hydrogen-bond acceptors (Lipinski definition) is 4. The number of anilines is 1. The molecule has 2 fully saturated rings. The van der Waals surface area contributed by atoms with E-state index >= 15 is 0 Å². The second kappa shape index (κ2) is 4.01. The lowest BCUT2D eigenvalue weighted by atomic mass is 10.1. The first-order valence-electron chi connectivity index (χ1n) is 6.01. The second-order valence-electron chi connectivity index (χ2n) is 4.77. The summed E-state index contributed by atoms with van der Waals surface area (Å²) < 4.78 is 5.77. The van der Waals surface area contributed by atoms with Gasteiger partial charge in [0.15, 0.2) is 0 Å². The molecule has 0 bridgehead atoms. The molecule has 1 aromatic heterocycles. The first-order chi connectivity index (χ1) is 7.83. The van der Waals surface area contributed by atoms with E-state index in [1.807, 2.05) is 19.1 Å². The number of aromatic nitrogens is 2. The molecule has 0 aromatic carbocycles. The van der Waals surface area contributed by atoms with Crippen molar-refractivity contribution in [3.05, 3.63) is 17.8 Å². The summed E-state index contributed by atoms with van der Waals surface area (Å²) in [6.45, 7) is 2.82. The highest BCUT2D eigenvalue weighted by molar-refractivity contribution is 5.35. The number of rotatable bonds is 3. The first-order valence-corrected chi connectivity index (χ1v) is 6.01. The molecule has 1 saturated heterocycles. The largest absolute Gasteiger partial charge is 0.376 e. The summed E-state index contributed by atoms with van der Waals surface area (Å²) in [4.78, 5) is 0. The highest BCUT2D eigenvalue weighted by Gasteiger charge is 2.40. The van der Waals surface area contributed by atoms with E-state index in [4.69, 9.17) is 4.74 Å². The fraction of sp³-hybridized carbons (Fsp3) is 0.667. The fourth-order valence-corrected chi connectivity index (χ4v) is 2.32. The Morgan fingerprint density at radius 3 is 2.81 bits per heavy atom. The van der Waals surface area contributed by atoms with Crippen LogP contribution in [0.25, 0.3) is 0 Å². The lowest BCUT2D eigenvalue weighted by Gasteiger charge is -2.19. The third-order valence-electron chi connectivity index (χ3n) is 3.35. The molecule has 1 N–H and O–H groups in total. The van der Waals surface area contributed by atoms with Crippen LogP contribution in [0.3, 0.4) is 0 Å². The van der Waals surface area contributed by atoms with E-state index in [1.165, 1.54) is 12.8 Å². The van der Waals surface area contributed by atoms with E-state index in [0.717, 1.165) is 30.5 Å². The Morgan fingerprint density at radius 1 is 1.25 bits per heavy atom. The van der Waals surface area contributed by atoms with Crippen molar-refractivity contribution in [3.8, 4) is 0 Å². The van der Waals surface area contributed by atoms with Gasteiger partial charge in [-0.1, -0.05) is 0 Å². The molecule has 4 heteroatoms. The Balaban J connectivity index is 1.66. The molecular weight excluding hydrogens is 202 g/mol. The molecule has 1 aromatic rings. The van der Waals surface area contributed by atoms with E-state index in [2.05, 4.69) is 15.5 Å². The van der Waals surface area contributed by atoms with Crippen molar-refractivity contribution in [2.45, 2.75) is 38.3 Å². The standard InChI is InChI=1S/C12H17N3O/c1-8-2-5-11(15-14-8)13-10-6-7-16-12(10)9-3-4-9/h2,5,9-10,12H,3-4,6-7H2,1H3,(H,13,15). The van der Waals surface area contributed by atoms with Crippen molar-refractivity contribution in [1.29, 1.82) is 0 Å². The van der Waals surface area contributed by atoms with Gasteiger partial charge in [-0.05, 0) is 44.2 Å². The molecule has 4 nitrogen and oxygen atoms in total. The summed E-state index contributed by atoms with van der Waals surface area (Å²) in [5, 5.41) is 11.6. The maximum atomic E-state index is 5.77. The van der Waals surface area contributed by atoms with Crippen LogP contribution in [0.5, 0.6) is 0 Å². The van der Waals surface area contributed by atoms with E-state index in [0.29, 0.717) is 12.1 Å². The third kappa shape index (κ3) is 2.02. The topological polar surface area (TPSA) is 47.0 Å². The van der Waals surface area contributed by atoms with Crippen molar-refractivity contribution in [2.24, 2.45) is 5.92 Å². The zero-order chi connectivity index (χ0) is 11.0. The van der Waals surface area contributed by atoms with Crippen LogP contribution in [0.15, 0.2) is 12.1 Å². The van der Waals surface area contributed by atoms with Crippen LogP contribution in [0.4, 0.5) is 5.82 Å². The third-order valence-corrected chi connectivity index (χ3v) is 3.35. The molecule has 0 radical (unpaired) electrons. The van der Waals surface area contributed by atoms with Gasteiger partial charge in [-0.25, -0.2) is 0 Å². The van der Waals surface area contributed by atoms with Gasteiger partial charge in [-0.15, -0.1) is 5.10 Å². The Morgan fingerprint density at radius 2 is 2.12 bits per heavy atom. The van der Waals surface area contributed by atoms with Gasteiger partial charge >= 0.3 is 0 Å². The van der Waals surface area contributed by atoms with Crippen LogP contribution in [-0.2, 0) is 4.74 Å². The van der Waals surface area contributed by atoms with Crippen molar-refractivity contribution in [1.82, 2.24) is 10.2 Å². The molecule has 2 atom stereocenters. The molecule has 86 valence electrons. The summed E-state index contributed by atoms with van der Waals surface area (Å²) in [7, 11) is 0. The number of hydrogen-bond donors (Lipinski definition) is 1. The number of nitrogens with one attached hydrogen (secondary N) is 1. The molecule has 3 rings (SSSR count). The van der Waals surface area contributed by atoms with E-state index in [9.17, 15) is 0 Å². The van der Waals surface area contributed by atoms with Gasteiger partial charge in [0.1, 0.15) is 5.82 Å². The summed E-state index contributed by atoms with van der Waals surface area (Å²) in [5.41, 5.74) is 0.951. The molecule has 2 aliphatic rings. The highest BCUT2D eigenvalue weighted by atomic mass is 16.5. The molecule has 2 heterocycles. The van der Waals surface area contributed by atoms with Gasteiger partial charge in [-0.2, -0.15) is 5.10 Å². The Labute approximate surface area is 95.4 Å². The monoisotopic (exact) mass is 219 g/mol. The van der Waals surface area contributed by atoms with Crippen molar-refractivity contribution < 1.29 is 4.74 Å². The van der Waals surface area contributed by atoms with Gasteiger partial charge in [0, 0.05) is 6.61 Å². The van der Waals surface area contributed by atoms with Crippen molar-refractivity contribution in [3.63, 3.8) is 0 Å². The Hall–Kier alpha value is -1.16. The summed E-state index contributed by atoms with van der Waals surface area (Å²) in [6.07, 6.45) is 4.12. The van der Waals surface area contributed by atoms with Gasteiger partial charge < -0.3 is 10.1 Å². The zero-order valence-corrected chi connectivity index (χ0v) is 9.52. The van der Waals surface area contributed by atoms with E-state index < -0.39 is 0 Å². The zero-order valence-electron chi connectivity index (χ0n) is 9.52. The normalized spacial score (nSPS) is 29.3. The van der Waals surface area contributed by atoms with Gasteiger partial charge in [0.2, 0.25) is 0 Å². The number of nitrogens with zero attached hydrogens (tertiary/aromatic N) is 2. The van der Waals surface area contributed by atoms with Crippen LogP contribution in [0.1, 0.15) is 25.0 Å². The lowest BCUT2D eigenvalue weighted by Crippen LogP contribution is -2.31. The van der Waals surface area contributed by atoms with Crippen LogP contribution in [0.2, 0.25) is 0 Å². The van der Waals surface area contributed by atoms with Crippen LogP contribution in [-0.4, -0.2) is 29.0 Å². The Bertz CT molecular complexity index is 361. The molecule has 0 amide bonds. The molecule has 1 aliphatic carbocycles. The van der Waals surface area contributed by atoms with Gasteiger partial charge in [0.25, 0.3) is 0 Å². The minimum atomic E-state index is 0.392. The maximum Gasteiger partial charge on any atom is 0.148 e. The van der Waals surface area contributed by atoms with Crippen LogP contribution in [0, 0.1) is 12.8 Å². The van der Waals surface area contributed by atoms with Gasteiger partial charge in [0.05, 0.1) is 17.8 Å². The quantitative estimate of drug-likeness (QED) is 0.841. The molecule has 16 heavy (non-hydrogen) atoms. The molecule has 0 spiro atoms. The SMILES string of the molecule is Cc1ccc(NC2CCOC2C2CC2)nn1. The summed E-state index contributed by atoms with van der Waals surface area (Å²) >= 11 is 0. The average molecular weight is 219 g/mol. The lowest BCUT2D eigenvalue weighted by molar-refractivity contribution is 0.0898. The average Bonchev–Trinajstić information content (AvgIpc) is 3.03. The summed E-state index contributed by atoms with van der Waals surface area (Å²) in [5.74, 6) is 1.64. The molecule has 1 saturated carbocycles. The summed E-state index contributed by atoms with van der Waals surface area (Å²) in [6, 6.07) is 4.39. The van der Waals surface area contributed by atoms with Crippen molar-refractivity contribution >= 4 is 5.82 Å². The molecule has 2 unspecified atom stereocenters. The number of ether oxygens (including phenoxy) is 1. The molecular formula is C12H17N3O. The van der Waals surface area contributed by atoms with Crippen LogP contribution >= 0.6 is 0 Å². The minimum absolute atomic E-state index is 0.392. The van der Waals surface area contributed by atoms with Crippen molar-refractivity contribution in [2.75, 3.05) is 11.9 Å². The smallest absolute Gasteiger partial charge is 0.148 e. The number of aryl methyl sites for hydroxylation is 1. The minimum Gasteiger partial charge on any atom is -0.376 e. The Kier molecular flexibility index (Phi) is 2.52. The first kappa shape index (κ1) is 10.0. The predicted molar refractivity (Wildman–Crippen MR) is 61.3 cm³/mol. The fourth-order valence-electron chi connectivity index (χ4n) is 2.32. The predicted octanol–water partition coefficient (Wildman–Crippen LogP) is 1.76. The highest BCUT2D eigenvalue weighted by Crippen LogP contribution is 2.39. The van der Waals surface area contributed by atoms with E-state index in [-0.39, 0.29) is 0 Å². The maximum absolute atomic E-state index is 5.77.